The Bertz CT molecular complexity index is 1300. The molecule has 1 fully saturated rings. The normalized spacial score (nSPS) is 15.5. The highest BCUT2D eigenvalue weighted by atomic mass is 35.5. The number of hydroxylamine groups is 1. The largest absolute Gasteiger partial charge is 0.368 e. The summed E-state index contributed by atoms with van der Waals surface area (Å²) in [6, 6.07) is 13.0. The number of hydrogen-bond acceptors (Lipinski definition) is 6. The van der Waals surface area contributed by atoms with E-state index in [1.165, 1.54) is 21.7 Å². The number of piperazine rings is 1. The molecule has 2 heterocycles. The summed E-state index contributed by atoms with van der Waals surface area (Å²) in [4.78, 5) is 13.4. The second kappa shape index (κ2) is 9.21. The van der Waals surface area contributed by atoms with Crippen LogP contribution in [0.3, 0.4) is 0 Å². The van der Waals surface area contributed by atoms with Gasteiger partial charge in [-0.1, -0.05) is 29.8 Å². The SMILES string of the molecule is Cc1c(S(=O)(=O)N2CCN(c3ccccc3/C=C/C(=O)NO)CC2)sc2ccc(Cl)cc12. The average molecular weight is 492 g/mol. The number of rotatable bonds is 5. The van der Waals surface area contributed by atoms with Gasteiger partial charge in [0.25, 0.3) is 15.9 Å². The van der Waals surface area contributed by atoms with Crippen molar-refractivity contribution in [3.05, 3.63) is 64.7 Å². The number of hydrogen-bond donors (Lipinski definition) is 2. The van der Waals surface area contributed by atoms with Gasteiger partial charge in [0.15, 0.2) is 0 Å². The van der Waals surface area contributed by atoms with Crippen LogP contribution in [0, 0.1) is 6.92 Å². The molecule has 2 N–H and O–H groups in total. The Kier molecular flexibility index (Phi) is 6.55. The quantitative estimate of drug-likeness (QED) is 0.321. The monoisotopic (exact) mass is 491 g/mol. The predicted molar refractivity (Wildman–Crippen MR) is 128 cm³/mol. The van der Waals surface area contributed by atoms with Crippen molar-refractivity contribution >= 4 is 60.7 Å². The number of amides is 1. The van der Waals surface area contributed by atoms with Crippen LogP contribution in [0.15, 0.2) is 52.7 Å². The first-order valence-electron chi connectivity index (χ1n) is 9.96. The molecule has 0 unspecified atom stereocenters. The van der Waals surface area contributed by atoms with Crippen molar-refractivity contribution in [1.29, 1.82) is 0 Å². The van der Waals surface area contributed by atoms with E-state index in [-0.39, 0.29) is 0 Å². The number of benzene rings is 2. The smallest absolute Gasteiger partial charge is 0.267 e. The maximum absolute atomic E-state index is 13.4. The summed E-state index contributed by atoms with van der Waals surface area (Å²) in [5, 5.41) is 10.1. The fourth-order valence-electron chi connectivity index (χ4n) is 3.82. The number of sulfonamides is 1. The second-order valence-corrected chi connectivity index (χ2v) is 11.0. The van der Waals surface area contributed by atoms with Crippen LogP contribution in [0.1, 0.15) is 11.1 Å². The van der Waals surface area contributed by atoms with E-state index in [1.54, 1.807) is 23.7 Å². The number of nitrogens with one attached hydrogen (secondary N) is 1. The average Bonchev–Trinajstić information content (AvgIpc) is 3.14. The minimum atomic E-state index is -3.62. The van der Waals surface area contributed by atoms with Gasteiger partial charge >= 0.3 is 0 Å². The molecule has 2 aromatic carbocycles. The van der Waals surface area contributed by atoms with Gasteiger partial charge in [0, 0.05) is 47.7 Å². The number of para-hydroxylation sites is 1. The first-order valence-corrected chi connectivity index (χ1v) is 12.6. The van der Waals surface area contributed by atoms with Crippen molar-refractivity contribution in [2.45, 2.75) is 11.1 Å². The number of halogens is 1. The van der Waals surface area contributed by atoms with Gasteiger partial charge in [-0.05, 0) is 53.8 Å². The highest BCUT2D eigenvalue weighted by molar-refractivity contribution is 7.91. The standard InChI is InChI=1S/C22H22ClN3O4S2/c1-15-18-14-17(23)7-8-20(18)31-22(15)32(29,30)26-12-10-25(11-13-26)19-5-3-2-4-16(19)6-9-21(27)24-28/h2-9,14,28H,10-13H2,1H3,(H,24,27)/b9-6+. The lowest BCUT2D eigenvalue weighted by molar-refractivity contribution is -0.124. The minimum absolute atomic E-state index is 0.353. The number of carbonyl (C=O) groups excluding carboxylic acids is 1. The van der Waals surface area contributed by atoms with Gasteiger partial charge in [0.2, 0.25) is 0 Å². The first-order chi connectivity index (χ1) is 15.3. The predicted octanol–water partition coefficient (Wildman–Crippen LogP) is 3.89. The Morgan fingerprint density at radius 3 is 2.59 bits per heavy atom. The summed E-state index contributed by atoms with van der Waals surface area (Å²) in [5.41, 5.74) is 4.01. The van der Waals surface area contributed by atoms with E-state index in [4.69, 9.17) is 16.8 Å². The third-order valence-corrected chi connectivity index (χ3v) is 9.47. The van der Waals surface area contributed by atoms with E-state index in [2.05, 4.69) is 4.90 Å². The summed E-state index contributed by atoms with van der Waals surface area (Å²) >= 11 is 7.37. The van der Waals surface area contributed by atoms with Crippen LogP contribution in [0.25, 0.3) is 16.2 Å². The first kappa shape index (κ1) is 22.8. The Labute approximate surface area is 195 Å². The lowest BCUT2D eigenvalue weighted by Crippen LogP contribution is -2.48. The number of aryl methyl sites for hydroxylation is 1. The van der Waals surface area contributed by atoms with E-state index < -0.39 is 15.9 Å². The van der Waals surface area contributed by atoms with Gasteiger partial charge in [-0.2, -0.15) is 4.31 Å². The third-order valence-electron chi connectivity index (χ3n) is 5.47. The van der Waals surface area contributed by atoms with Gasteiger partial charge in [-0.25, -0.2) is 13.9 Å². The fourth-order valence-corrected chi connectivity index (χ4v) is 7.30. The Hall–Kier alpha value is -2.43. The number of nitrogens with zero attached hydrogens (tertiary/aromatic N) is 2. The molecule has 0 atom stereocenters. The van der Waals surface area contributed by atoms with E-state index in [0.717, 1.165) is 26.9 Å². The molecule has 32 heavy (non-hydrogen) atoms. The molecule has 168 valence electrons. The zero-order chi connectivity index (χ0) is 22.9. The van der Waals surface area contributed by atoms with E-state index in [9.17, 15) is 13.2 Å². The summed E-state index contributed by atoms with van der Waals surface area (Å²) in [7, 11) is -3.62. The highest BCUT2D eigenvalue weighted by Gasteiger charge is 2.32. The molecule has 4 rings (SSSR count). The van der Waals surface area contributed by atoms with Crippen molar-refractivity contribution < 1.29 is 18.4 Å². The topological polar surface area (TPSA) is 90.0 Å². The molecule has 10 heteroatoms. The molecule has 0 radical (unpaired) electrons. The van der Waals surface area contributed by atoms with Gasteiger partial charge < -0.3 is 4.90 Å². The van der Waals surface area contributed by atoms with Crippen molar-refractivity contribution in [3.8, 4) is 0 Å². The van der Waals surface area contributed by atoms with Crippen molar-refractivity contribution in [3.63, 3.8) is 0 Å². The molecule has 1 saturated heterocycles. The molecular formula is C22H22ClN3O4S2. The lowest BCUT2D eigenvalue weighted by atomic mass is 10.1. The fraction of sp³-hybridized carbons (Fsp3) is 0.227. The molecule has 1 aliphatic rings. The van der Waals surface area contributed by atoms with E-state index >= 15 is 0 Å². The van der Waals surface area contributed by atoms with Gasteiger partial charge in [-0.15, -0.1) is 11.3 Å². The van der Waals surface area contributed by atoms with Crippen LogP contribution >= 0.6 is 22.9 Å². The summed E-state index contributed by atoms with van der Waals surface area (Å²) in [5.74, 6) is -0.615. The number of thiophene rings is 1. The lowest BCUT2D eigenvalue weighted by Gasteiger charge is -2.36. The van der Waals surface area contributed by atoms with Crippen LogP contribution in [-0.4, -0.2) is 50.0 Å². The molecule has 1 amide bonds. The number of fused-ring (bicyclic) bond motifs is 1. The molecule has 7 nitrogen and oxygen atoms in total. The van der Waals surface area contributed by atoms with E-state index in [1.807, 2.05) is 37.3 Å². The maximum atomic E-state index is 13.4. The number of carbonyl (C=O) groups is 1. The maximum Gasteiger partial charge on any atom is 0.267 e. The van der Waals surface area contributed by atoms with Crippen molar-refractivity contribution in [2.24, 2.45) is 0 Å². The molecule has 3 aromatic rings. The third kappa shape index (κ3) is 4.39. The van der Waals surface area contributed by atoms with Crippen LogP contribution < -0.4 is 10.4 Å². The van der Waals surface area contributed by atoms with Crippen LogP contribution in [0.5, 0.6) is 0 Å². The van der Waals surface area contributed by atoms with Crippen LogP contribution in [0.2, 0.25) is 5.02 Å². The molecule has 0 bridgehead atoms. The summed E-state index contributed by atoms with van der Waals surface area (Å²) in [6.45, 7) is 3.57. The highest BCUT2D eigenvalue weighted by Crippen LogP contribution is 2.37. The second-order valence-electron chi connectivity index (χ2n) is 7.41. The molecule has 1 aromatic heterocycles. The van der Waals surface area contributed by atoms with Gasteiger partial charge in [-0.3, -0.25) is 10.0 Å². The molecule has 0 spiro atoms. The van der Waals surface area contributed by atoms with Gasteiger partial charge in [0.05, 0.1) is 0 Å². The van der Waals surface area contributed by atoms with E-state index in [0.29, 0.717) is 35.4 Å². The molecule has 1 aliphatic heterocycles. The van der Waals surface area contributed by atoms with Crippen LogP contribution in [0.4, 0.5) is 5.69 Å². The molecule has 0 saturated carbocycles. The van der Waals surface area contributed by atoms with Crippen LogP contribution in [-0.2, 0) is 14.8 Å². The Morgan fingerprint density at radius 1 is 1.16 bits per heavy atom. The van der Waals surface area contributed by atoms with Crippen molar-refractivity contribution in [2.75, 3.05) is 31.1 Å². The van der Waals surface area contributed by atoms with Crippen molar-refractivity contribution in [1.82, 2.24) is 9.79 Å². The zero-order valence-electron chi connectivity index (χ0n) is 17.3. The number of anilines is 1. The molecule has 0 aliphatic carbocycles. The Balaban J connectivity index is 1.54. The minimum Gasteiger partial charge on any atom is -0.368 e. The van der Waals surface area contributed by atoms with Gasteiger partial charge in [0.1, 0.15) is 4.21 Å². The Morgan fingerprint density at radius 2 is 1.88 bits per heavy atom. The summed E-state index contributed by atoms with van der Waals surface area (Å²) in [6.07, 6.45) is 2.87. The zero-order valence-corrected chi connectivity index (χ0v) is 19.7. The summed E-state index contributed by atoms with van der Waals surface area (Å²) < 4.78 is 29.6. The molecular weight excluding hydrogens is 470 g/mol.